The van der Waals surface area contributed by atoms with Crippen LogP contribution in [0.1, 0.15) is 11.3 Å². The lowest BCUT2D eigenvalue weighted by Gasteiger charge is -2.26. The second-order valence-electron chi connectivity index (χ2n) is 4.11. The number of sulfone groups is 1. The summed E-state index contributed by atoms with van der Waals surface area (Å²) in [4.78, 5) is 10.2. The number of halogens is 1. The molecule has 0 aromatic carbocycles. The van der Waals surface area contributed by atoms with Crippen LogP contribution >= 0.6 is 11.6 Å². The number of hydrogen-bond acceptors (Lipinski definition) is 5. The van der Waals surface area contributed by atoms with Crippen LogP contribution in [0.4, 0.5) is 0 Å². The first kappa shape index (κ1) is 12.7. The molecule has 0 saturated heterocycles. The van der Waals surface area contributed by atoms with Crippen molar-refractivity contribution >= 4 is 21.4 Å². The van der Waals surface area contributed by atoms with Gasteiger partial charge in [-0.15, -0.1) is 11.6 Å². The largest absolute Gasteiger partial charge is 0.296 e. The Bertz CT molecular complexity index is 518. The average Bonchev–Trinajstić information content (AvgIpc) is 2.27. The lowest BCUT2D eigenvalue weighted by molar-refractivity contribution is 0.263. The third-order valence-electron chi connectivity index (χ3n) is 2.74. The van der Waals surface area contributed by atoms with Crippen LogP contribution in [0.5, 0.6) is 0 Å². The van der Waals surface area contributed by atoms with Gasteiger partial charge in [0.1, 0.15) is 0 Å². The van der Waals surface area contributed by atoms with E-state index in [1.807, 2.05) is 0 Å². The molecule has 0 fully saturated rings. The van der Waals surface area contributed by atoms with Crippen molar-refractivity contribution in [3.8, 4) is 0 Å². The summed E-state index contributed by atoms with van der Waals surface area (Å²) in [6.45, 7) is 2.35. The molecule has 2 rings (SSSR count). The molecular formula is C10H14ClN3O2S. The molecule has 1 aromatic heterocycles. The van der Waals surface area contributed by atoms with Crippen molar-refractivity contribution in [1.82, 2.24) is 14.9 Å². The Morgan fingerprint density at radius 1 is 1.53 bits per heavy atom. The van der Waals surface area contributed by atoms with E-state index in [2.05, 4.69) is 14.9 Å². The van der Waals surface area contributed by atoms with Gasteiger partial charge < -0.3 is 0 Å². The fourth-order valence-electron chi connectivity index (χ4n) is 1.83. The Morgan fingerprint density at radius 3 is 2.94 bits per heavy atom. The number of alkyl halides is 1. The highest BCUT2D eigenvalue weighted by Gasteiger charge is 2.20. The highest BCUT2D eigenvalue weighted by molar-refractivity contribution is 7.90. The van der Waals surface area contributed by atoms with Crippen molar-refractivity contribution in [2.24, 2.45) is 0 Å². The average molecular weight is 276 g/mol. The summed E-state index contributed by atoms with van der Waals surface area (Å²) in [5.74, 6) is 0.569. The molecule has 0 N–H and O–H groups in total. The van der Waals surface area contributed by atoms with Crippen LogP contribution in [-0.4, -0.2) is 48.5 Å². The smallest absolute Gasteiger partial charge is 0.247 e. The van der Waals surface area contributed by atoms with Crippen molar-refractivity contribution in [3.05, 3.63) is 17.5 Å². The van der Waals surface area contributed by atoms with Gasteiger partial charge in [0.15, 0.2) is 0 Å². The number of aromatic nitrogens is 2. The van der Waals surface area contributed by atoms with E-state index in [1.54, 1.807) is 6.20 Å². The molecule has 1 aliphatic heterocycles. The van der Waals surface area contributed by atoms with Gasteiger partial charge in [0.2, 0.25) is 15.0 Å². The van der Waals surface area contributed by atoms with Gasteiger partial charge in [0.25, 0.3) is 0 Å². The maximum atomic E-state index is 11.4. The predicted molar refractivity (Wildman–Crippen MR) is 64.8 cm³/mol. The first-order valence-electron chi connectivity index (χ1n) is 5.34. The van der Waals surface area contributed by atoms with E-state index in [9.17, 15) is 8.42 Å². The normalized spacial score (nSPS) is 16.8. The minimum atomic E-state index is -3.33. The van der Waals surface area contributed by atoms with Gasteiger partial charge in [-0.05, 0) is 12.0 Å². The van der Waals surface area contributed by atoms with Crippen molar-refractivity contribution < 1.29 is 8.42 Å². The van der Waals surface area contributed by atoms with E-state index in [0.29, 0.717) is 12.4 Å². The van der Waals surface area contributed by atoms with E-state index < -0.39 is 9.84 Å². The molecule has 0 spiro atoms. The summed E-state index contributed by atoms with van der Waals surface area (Å²) in [5.41, 5.74) is 1.83. The number of hydrogen-bond donors (Lipinski definition) is 0. The molecule has 0 aliphatic carbocycles. The van der Waals surface area contributed by atoms with Crippen molar-refractivity contribution in [2.75, 3.05) is 25.2 Å². The van der Waals surface area contributed by atoms with Crippen LogP contribution in [0.25, 0.3) is 0 Å². The Morgan fingerprint density at radius 2 is 2.29 bits per heavy atom. The van der Waals surface area contributed by atoms with Crippen molar-refractivity contribution in [2.45, 2.75) is 18.1 Å². The summed E-state index contributed by atoms with van der Waals surface area (Å²) < 4.78 is 22.7. The van der Waals surface area contributed by atoms with Gasteiger partial charge in [0, 0.05) is 38.0 Å². The molecule has 1 aromatic rings. The number of fused-ring (bicyclic) bond motifs is 1. The molecule has 0 radical (unpaired) electrons. The molecule has 2 heterocycles. The summed E-state index contributed by atoms with van der Waals surface area (Å²) >= 11 is 5.70. The van der Waals surface area contributed by atoms with Crippen molar-refractivity contribution in [3.63, 3.8) is 0 Å². The molecule has 0 atom stereocenters. The highest BCUT2D eigenvalue weighted by atomic mass is 35.5. The fourth-order valence-corrected chi connectivity index (χ4v) is 2.59. The van der Waals surface area contributed by atoms with Gasteiger partial charge in [0.05, 0.1) is 5.69 Å². The third-order valence-corrected chi connectivity index (χ3v) is 3.76. The lowest BCUT2D eigenvalue weighted by Crippen LogP contribution is -2.33. The van der Waals surface area contributed by atoms with Crippen molar-refractivity contribution in [1.29, 1.82) is 0 Å². The van der Waals surface area contributed by atoms with Crippen LogP contribution in [0.15, 0.2) is 11.4 Å². The molecule has 0 saturated carbocycles. The van der Waals surface area contributed by atoms with Crippen LogP contribution in [-0.2, 0) is 22.8 Å². The lowest BCUT2D eigenvalue weighted by atomic mass is 10.1. The van der Waals surface area contributed by atoms with Gasteiger partial charge in [-0.25, -0.2) is 18.4 Å². The first-order chi connectivity index (χ1) is 8.00. The molecular weight excluding hydrogens is 262 g/mol. The Labute approximate surface area is 106 Å². The van der Waals surface area contributed by atoms with Crippen LogP contribution in [0.2, 0.25) is 0 Å². The Hall–Kier alpha value is -0.720. The van der Waals surface area contributed by atoms with E-state index in [-0.39, 0.29) is 5.16 Å². The van der Waals surface area contributed by atoms with E-state index >= 15 is 0 Å². The van der Waals surface area contributed by atoms with Gasteiger partial charge >= 0.3 is 0 Å². The van der Waals surface area contributed by atoms with E-state index in [1.165, 1.54) is 0 Å². The minimum Gasteiger partial charge on any atom is -0.296 e. The quantitative estimate of drug-likeness (QED) is 0.593. The number of nitrogens with zero attached hydrogens (tertiary/aromatic N) is 3. The third kappa shape index (κ3) is 2.94. The molecule has 0 unspecified atom stereocenters. The first-order valence-corrected chi connectivity index (χ1v) is 7.76. The van der Waals surface area contributed by atoms with Crippen LogP contribution in [0, 0.1) is 0 Å². The summed E-state index contributed by atoms with van der Waals surface area (Å²) in [5, 5.41) is -0.0935. The topological polar surface area (TPSA) is 63.2 Å². The molecule has 94 valence electrons. The standard InChI is InChI=1S/C10H14ClN3O2S/c1-17(15,16)10-12-6-8-2-4-14(5-3-11)7-9(8)13-10/h6H,2-5,7H2,1H3. The minimum absolute atomic E-state index is 0.0935. The molecule has 5 nitrogen and oxygen atoms in total. The fraction of sp³-hybridized carbons (Fsp3) is 0.600. The molecule has 1 aliphatic rings. The van der Waals surface area contributed by atoms with E-state index in [0.717, 1.165) is 37.0 Å². The number of rotatable bonds is 3. The SMILES string of the molecule is CS(=O)(=O)c1ncc2c(n1)CN(CCCl)CC2. The van der Waals surface area contributed by atoms with Gasteiger partial charge in [-0.2, -0.15) is 0 Å². The summed E-state index contributed by atoms with van der Waals surface area (Å²) in [7, 11) is -3.33. The molecule has 7 heteroatoms. The molecule has 0 amide bonds. The second-order valence-corrected chi connectivity index (χ2v) is 6.40. The maximum Gasteiger partial charge on any atom is 0.247 e. The van der Waals surface area contributed by atoms with Crippen LogP contribution < -0.4 is 0 Å². The second kappa shape index (κ2) is 4.88. The summed E-state index contributed by atoms with van der Waals surface area (Å²) in [6, 6.07) is 0. The Balaban J connectivity index is 2.29. The van der Waals surface area contributed by atoms with Gasteiger partial charge in [-0.1, -0.05) is 0 Å². The highest BCUT2D eigenvalue weighted by Crippen LogP contribution is 2.17. The zero-order valence-corrected chi connectivity index (χ0v) is 11.1. The molecule has 0 bridgehead atoms. The monoisotopic (exact) mass is 275 g/mol. The molecule has 17 heavy (non-hydrogen) atoms. The predicted octanol–water partition coefficient (Wildman–Crippen LogP) is 0.477. The van der Waals surface area contributed by atoms with Crippen LogP contribution in [0.3, 0.4) is 0 Å². The van der Waals surface area contributed by atoms with Gasteiger partial charge in [-0.3, -0.25) is 4.90 Å². The Kier molecular flexibility index (Phi) is 3.65. The summed E-state index contributed by atoms with van der Waals surface area (Å²) in [6.07, 6.45) is 3.58. The zero-order valence-electron chi connectivity index (χ0n) is 9.56. The maximum absolute atomic E-state index is 11.4. The van der Waals surface area contributed by atoms with E-state index in [4.69, 9.17) is 11.6 Å². The zero-order chi connectivity index (χ0) is 12.5.